The molecule has 0 saturated heterocycles. The van der Waals surface area contributed by atoms with E-state index in [0.717, 1.165) is 16.5 Å². The molecule has 0 aliphatic rings. The molecule has 1 aromatic heterocycles. The first-order chi connectivity index (χ1) is 6.36. The number of hydrogen-bond donors (Lipinski definition) is 1. The summed E-state index contributed by atoms with van der Waals surface area (Å²) in [6, 6.07) is 2.12. The molecule has 1 atom stereocenters. The Bertz CT molecular complexity index is 267. The van der Waals surface area contributed by atoms with Crippen molar-refractivity contribution >= 4 is 23.3 Å². The van der Waals surface area contributed by atoms with Gasteiger partial charge in [0, 0.05) is 5.75 Å². The summed E-state index contributed by atoms with van der Waals surface area (Å²) < 4.78 is 4.85. The van der Waals surface area contributed by atoms with Gasteiger partial charge in [-0.15, -0.1) is 0 Å². The zero-order valence-corrected chi connectivity index (χ0v) is 8.86. The Morgan fingerprint density at radius 3 is 3.23 bits per heavy atom. The van der Waals surface area contributed by atoms with Gasteiger partial charge in [-0.3, -0.25) is 0 Å². The Morgan fingerprint density at radius 2 is 2.69 bits per heavy atom. The number of rotatable bonds is 5. The Labute approximate surface area is 85.5 Å². The first kappa shape index (κ1) is 10.4. The van der Waals surface area contributed by atoms with Gasteiger partial charge in [-0.05, 0) is 25.0 Å². The van der Waals surface area contributed by atoms with E-state index in [4.69, 9.17) is 5.26 Å². The van der Waals surface area contributed by atoms with E-state index in [1.165, 1.54) is 11.5 Å². The second-order valence-electron chi connectivity index (χ2n) is 2.31. The van der Waals surface area contributed by atoms with Gasteiger partial charge in [0.05, 0.1) is 12.1 Å². The van der Waals surface area contributed by atoms with Crippen LogP contribution in [0.1, 0.15) is 6.42 Å². The lowest BCUT2D eigenvalue weighted by atomic mass is 10.3. The predicted molar refractivity (Wildman–Crippen MR) is 53.7 cm³/mol. The number of thioether (sulfide) groups is 1. The van der Waals surface area contributed by atoms with Crippen molar-refractivity contribution in [3.63, 3.8) is 0 Å². The summed E-state index contributed by atoms with van der Waals surface area (Å²) in [6.45, 7) is 0. The summed E-state index contributed by atoms with van der Waals surface area (Å²) in [7, 11) is 1.80. The van der Waals surface area contributed by atoms with Crippen LogP contribution < -0.4 is 5.32 Å². The van der Waals surface area contributed by atoms with Gasteiger partial charge in [-0.1, -0.05) is 11.8 Å². The van der Waals surface area contributed by atoms with E-state index in [0.29, 0.717) is 0 Å². The fourth-order valence-electron chi connectivity index (χ4n) is 0.764. The molecule has 0 fully saturated rings. The number of nitrogens with zero attached hydrogens (tertiary/aromatic N) is 3. The molecule has 70 valence electrons. The van der Waals surface area contributed by atoms with E-state index in [1.54, 1.807) is 25.1 Å². The molecule has 1 N–H and O–H groups in total. The van der Waals surface area contributed by atoms with Crippen molar-refractivity contribution in [1.82, 2.24) is 14.7 Å². The molecular weight excluding hydrogens is 204 g/mol. The Morgan fingerprint density at radius 1 is 1.85 bits per heavy atom. The molecular formula is C7H10N4S2. The first-order valence-electron chi connectivity index (χ1n) is 3.83. The highest BCUT2D eigenvalue weighted by Gasteiger charge is 2.04. The molecule has 0 bridgehead atoms. The Hall–Kier alpha value is -0.640. The third-order valence-electron chi connectivity index (χ3n) is 1.48. The van der Waals surface area contributed by atoms with E-state index in [1.807, 2.05) is 0 Å². The normalized spacial score (nSPS) is 12.3. The summed E-state index contributed by atoms with van der Waals surface area (Å²) in [5.74, 6) is 0.897. The Kier molecular flexibility index (Phi) is 4.75. The van der Waals surface area contributed by atoms with Crippen molar-refractivity contribution in [1.29, 1.82) is 5.26 Å². The molecule has 4 nitrogen and oxygen atoms in total. The van der Waals surface area contributed by atoms with Crippen LogP contribution in [0.25, 0.3) is 0 Å². The molecule has 13 heavy (non-hydrogen) atoms. The highest BCUT2D eigenvalue weighted by atomic mass is 32.2. The van der Waals surface area contributed by atoms with Crippen LogP contribution in [0.3, 0.4) is 0 Å². The lowest BCUT2D eigenvalue weighted by molar-refractivity contribution is 0.663. The van der Waals surface area contributed by atoms with Crippen LogP contribution in [0, 0.1) is 11.3 Å². The lowest BCUT2D eigenvalue weighted by Crippen LogP contribution is -2.23. The highest BCUT2D eigenvalue weighted by molar-refractivity contribution is 8.00. The van der Waals surface area contributed by atoms with E-state index in [-0.39, 0.29) is 6.04 Å². The van der Waals surface area contributed by atoms with Crippen LogP contribution in [-0.2, 0) is 0 Å². The van der Waals surface area contributed by atoms with Crippen molar-refractivity contribution in [2.75, 3.05) is 12.8 Å². The SMILES string of the molecule is CNC(C#N)CCSc1ncns1. The molecule has 0 amide bonds. The van der Waals surface area contributed by atoms with Gasteiger partial charge < -0.3 is 5.32 Å². The first-order valence-corrected chi connectivity index (χ1v) is 5.59. The zero-order chi connectivity index (χ0) is 9.52. The van der Waals surface area contributed by atoms with Crippen molar-refractivity contribution in [3.8, 4) is 6.07 Å². The zero-order valence-electron chi connectivity index (χ0n) is 7.23. The molecule has 1 rings (SSSR count). The maximum atomic E-state index is 8.64. The number of nitrogens with one attached hydrogen (secondary N) is 1. The van der Waals surface area contributed by atoms with E-state index in [9.17, 15) is 0 Å². The molecule has 1 heterocycles. The number of aromatic nitrogens is 2. The van der Waals surface area contributed by atoms with Gasteiger partial charge >= 0.3 is 0 Å². The van der Waals surface area contributed by atoms with Crippen LogP contribution in [0.4, 0.5) is 0 Å². The fourth-order valence-corrected chi connectivity index (χ4v) is 2.28. The van der Waals surface area contributed by atoms with Gasteiger partial charge in [-0.25, -0.2) is 4.98 Å². The molecule has 0 aliphatic heterocycles. The van der Waals surface area contributed by atoms with Crippen LogP contribution in [0.2, 0.25) is 0 Å². The lowest BCUT2D eigenvalue weighted by Gasteiger charge is -2.04. The molecule has 0 aromatic carbocycles. The predicted octanol–water partition coefficient (Wildman–Crippen LogP) is 1.13. The quantitative estimate of drug-likeness (QED) is 0.744. The van der Waals surface area contributed by atoms with Crippen LogP contribution >= 0.6 is 23.3 Å². The van der Waals surface area contributed by atoms with E-state index < -0.39 is 0 Å². The second-order valence-corrected chi connectivity index (χ2v) is 4.44. The van der Waals surface area contributed by atoms with Crippen molar-refractivity contribution in [2.45, 2.75) is 16.8 Å². The third-order valence-corrected chi connectivity index (χ3v) is 3.31. The fraction of sp³-hybridized carbons (Fsp3) is 0.571. The van der Waals surface area contributed by atoms with E-state index >= 15 is 0 Å². The number of hydrogen-bond acceptors (Lipinski definition) is 6. The summed E-state index contributed by atoms with van der Waals surface area (Å²) in [6.07, 6.45) is 2.38. The second kappa shape index (κ2) is 5.91. The molecule has 0 aliphatic carbocycles. The summed E-state index contributed by atoms with van der Waals surface area (Å²) in [5.41, 5.74) is 0. The monoisotopic (exact) mass is 214 g/mol. The van der Waals surface area contributed by atoms with Crippen molar-refractivity contribution < 1.29 is 0 Å². The van der Waals surface area contributed by atoms with Crippen LogP contribution in [0.15, 0.2) is 10.7 Å². The molecule has 0 radical (unpaired) electrons. The molecule has 6 heteroatoms. The summed E-state index contributed by atoms with van der Waals surface area (Å²) >= 11 is 3.03. The van der Waals surface area contributed by atoms with Crippen molar-refractivity contribution in [3.05, 3.63) is 6.33 Å². The molecule has 0 spiro atoms. The Balaban J connectivity index is 2.18. The maximum Gasteiger partial charge on any atom is 0.169 e. The molecule has 1 aromatic rings. The molecule has 0 saturated carbocycles. The smallest absolute Gasteiger partial charge is 0.169 e. The van der Waals surface area contributed by atoms with Gasteiger partial charge in [0.15, 0.2) is 4.34 Å². The maximum absolute atomic E-state index is 8.64. The minimum atomic E-state index is -0.0552. The van der Waals surface area contributed by atoms with Gasteiger partial charge in [0.2, 0.25) is 0 Å². The largest absolute Gasteiger partial charge is 0.305 e. The minimum Gasteiger partial charge on any atom is -0.305 e. The highest BCUT2D eigenvalue weighted by Crippen LogP contribution is 2.19. The summed E-state index contributed by atoms with van der Waals surface area (Å²) in [5, 5.41) is 11.6. The van der Waals surface area contributed by atoms with Crippen LogP contribution in [0.5, 0.6) is 0 Å². The average molecular weight is 214 g/mol. The standard InChI is InChI=1S/C7H10N4S2/c1-9-6(4-8)2-3-12-7-10-5-11-13-7/h5-6,9H,2-3H2,1H3. The van der Waals surface area contributed by atoms with Gasteiger partial charge in [0.1, 0.15) is 6.33 Å². The van der Waals surface area contributed by atoms with Crippen LogP contribution in [-0.4, -0.2) is 28.2 Å². The minimum absolute atomic E-state index is 0.0552. The van der Waals surface area contributed by atoms with Gasteiger partial charge in [0.25, 0.3) is 0 Å². The average Bonchev–Trinajstić information content (AvgIpc) is 2.65. The third kappa shape index (κ3) is 3.72. The summed E-state index contributed by atoms with van der Waals surface area (Å²) in [4.78, 5) is 4.03. The van der Waals surface area contributed by atoms with Gasteiger partial charge in [-0.2, -0.15) is 9.64 Å². The topological polar surface area (TPSA) is 61.6 Å². The molecule has 1 unspecified atom stereocenters. The number of nitriles is 1. The van der Waals surface area contributed by atoms with E-state index in [2.05, 4.69) is 20.7 Å². The van der Waals surface area contributed by atoms with Crippen molar-refractivity contribution in [2.24, 2.45) is 0 Å².